The zero-order chi connectivity index (χ0) is 12.2. The molecule has 0 fully saturated rings. The van der Waals surface area contributed by atoms with Gasteiger partial charge in [-0.05, 0) is 37.0 Å². The van der Waals surface area contributed by atoms with E-state index in [4.69, 9.17) is 39.9 Å². The van der Waals surface area contributed by atoms with Gasteiger partial charge in [-0.15, -0.1) is 0 Å². The van der Waals surface area contributed by atoms with Gasteiger partial charge in [0.2, 0.25) is 0 Å². The molecule has 0 aliphatic rings. The summed E-state index contributed by atoms with van der Waals surface area (Å²) in [7, 11) is 0. The summed E-state index contributed by atoms with van der Waals surface area (Å²) in [5.74, 6) is 0.178. The zero-order valence-corrected chi connectivity index (χ0v) is 10.8. The van der Waals surface area contributed by atoms with Crippen LogP contribution in [-0.2, 0) is 0 Å². The standard InChI is InChI=1S/C11H13Cl3O2/c12-11(13,14)7-1-2-10(16)8-3-5-9(15)6-4-8/h3-6,10,15-16H,1-2,7H2. The molecule has 1 unspecified atom stereocenters. The van der Waals surface area contributed by atoms with Gasteiger partial charge in [0.15, 0.2) is 3.79 Å². The summed E-state index contributed by atoms with van der Waals surface area (Å²) in [5.41, 5.74) is 0.752. The molecule has 0 saturated carbocycles. The third-order valence-electron chi connectivity index (χ3n) is 2.22. The van der Waals surface area contributed by atoms with Crippen molar-refractivity contribution in [3.05, 3.63) is 29.8 Å². The Morgan fingerprint density at radius 2 is 1.69 bits per heavy atom. The molecule has 1 atom stereocenters. The maximum Gasteiger partial charge on any atom is 0.190 e. The van der Waals surface area contributed by atoms with Crippen LogP contribution in [0.15, 0.2) is 24.3 Å². The molecule has 0 radical (unpaired) electrons. The average Bonchev–Trinajstić information content (AvgIpc) is 2.16. The van der Waals surface area contributed by atoms with Crippen LogP contribution in [0.25, 0.3) is 0 Å². The van der Waals surface area contributed by atoms with E-state index in [2.05, 4.69) is 0 Å². The van der Waals surface area contributed by atoms with Crippen molar-refractivity contribution in [1.29, 1.82) is 0 Å². The van der Waals surface area contributed by atoms with E-state index in [9.17, 15) is 5.11 Å². The number of aromatic hydroxyl groups is 1. The first-order valence-corrected chi connectivity index (χ1v) is 6.05. The van der Waals surface area contributed by atoms with E-state index < -0.39 is 9.90 Å². The number of hydrogen-bond donors (Lipinski definition) is 2. The minimum Gasteiger partial charge on any atom is -0.508 e. The van der Waals surface area contributed by atoms with Crippen LogP contribution in [-0.4, -0.2) is 14.0 Å². The van der Waals surface area contributed by atoms with Crippen molar-refractivity contribution in [2.24, 2.45) is 0 Å². The van der Waals surface area contributed by atoms with Crippen LogP contribution in [0.4, 0.5) is 0 Å². The first-order chi connectivity index (χ1) is 7.38. The van der Waals surface area contributed by atoms with Crippen molar-refractivity contribution < 1.29 is 10.2 Å². The Kier molecular flexibility index (Phi) is 5.19. The predicted octanol–water partition coefficient (Wildman–Crippen LogP) is 3.97. The van der Waals surface area contributed by atoms with Crippen molar-refractivity contribution in [3.8, 4) is 5.75 Å². The maximum absolute atomic E-state index is 9.80. The van der Waals surface area contributed by atoms with E-state index in [1.165, 1.54) is 12.1 Å². The fraction of sp³-hybridized carbons (Fsp3) is 0.455. The molecule has 0 heterocycles. The summed E-state index contributed by atoms with van der Waals surface area (Å²) in [4.78, 5) is 0. The molecule has 90 valence electrons. The summed E-state index contributed by atoms with van der Waals surface area (Å²) in [6, 6.07) is 6.42. The minimum absolute atomic E-state index is 0.178. The molecule has 16 heavy (non-hydrogen) atoms. The predicted molar refractivity (Wildman–Crippen MR) is 67.2 cm³/mol. The Labute approximate surface area is 110 Å². The van der Waals surface area contributed by atoms with Crippen LogP contribution in [0.2, 0.25) is 0 Å². The average molecular weight is 284 g/mol. The summed E-state index contributed by atoms with van der Waals surface area (Å²) in [6.07, 6.45) is 0.970. The Morgan fingerprint density at radius 1 is 1.12 bits per heavy atom. The summed E-state index contributed by atoms with van der Waals surface area (Å²) in [5, 5.41) is 18.9. The lowest BCUT2D eigenvalue weighted by Crippen LogP contribution is -2.04. The van der Waals surface area contributed by atoms with Crippen LogP contribution in [0.5, 0.6) is 5.75 Å². The topological polar surface area (TPSA) is 40.5 Å². The summed E-state index contributed by atoms with van der Waals surface area (Å²) >= 11 is 16.8. The summed E-state index contributed by atoms with van der Waals surface area (Å²) < 4.78 is -1.26. The number of aliphatic hydroxyl groups is 1. The number of phenols is 1. The molecular formula is C11H13Cl3O2. The van der Waals surface area contributed by atoms with Gasteiger partial charge in [0, 0.05) is 0 Å². The molecule has 0 aliphatic carbocycles. The van der Waals surface area contributed by atoms with Gasteiger partial charge < -0.3 is 10.2 Å². The molecule has 1 aromatic carbocycles. The second-order valence-corrected chi connectivity index (χ2v) is 6.13. The van der Waals surface area contributed by atoms with Gasteiger partial charge in [-0.2, -0.15) is 0 Å². The smallest absolute Gasteiger partial charge is 0.190 e. The maximum atomic E-state index is 9.80. The number of rotatable bonds is 4. The van der Waals surface area contributed by atoms with Crippen molar-refractivity contribution in [3.63, 3.8) is 0 Å². The van der Waals surface area contributed by atoms with E-state index in [0.717, 1.165) is 5.56 Å². The Morgan fingerprint density at radius 3 is 2.19 bits per heavy atom. The normalized spacial score (nSPS) is 13.8. The second-order valence-electron chi connectivity index (χ2n) is 3.61. The number of alkyl halides is 3. The Bertz CT molecular complexity index is 319. The molecule has 1 aromatic rings. The number of aliphatic hydroxyl groups excluding tert-OH is 1. The fourth-order valence-electron chi connectivity index (χ4n) is 1.36. The van der Waals surface area contributed by atoms with Gasteiger partial charge in [0.1, 0.15) is 5.75 Å². The first-order valence-electron chi connectivity index (χ1n) is 4.92. The van der Waals surface area contributed by atoms with Gasteiger partial charge in [-0.25, -0.2) is 0 Å². The molecule has 0 saturated heterocycles. The molecule has 2 nitrogen and oxygen atoms in total. The van der Waals surface area contributed by atoms with Crippen LogP contribution in [0.1, 0.15) is 30.9 Å². The second kappa shape index (κ2) is 5.97. The quantitative estimate of drug-likeness (QED) is 0.821. The van der Waals surface area contributed by atoms with E-state index in [0.29, 0.717) is 19.3 Å². The number of halogens is 3. The van der Waals surface area contributed by atoms with E-state index >= 15 is 0 Å². The molecule has 0 spiro atoms. The highest BCUT2D eigenvalue weighted by atomic mass is 35.6. The largest absolute Gasteiger partial charge is 0.508 e. The van der Waals surface area contributed by atoms with Crippen molar-refractivity contribution in [1.82, 2.24) is 0 Å². The van der Waals surface area contributed by atoms with Crippen molar-refractivity contribution in [2.75, 3.05) is 0 Å². The highest BCUT2D eigenvalue weighted by Crippen LogP contribution is 2.33. The molecule has 0 amide bonds. The van der Waals surface area contributed by atoms with Crippen LogP contribution in [0, 0.1) is 0 Å². The van der Waals surface area contributed by atoms with Gasteiger partial charge in [-0.1, -0.05) is 46.9 Å². The van der Waals surface area contributed by atoms with E-state index in [1.807, 2.05) is 0 Å². The monoisotopic (exact) mass is 282 g/mol. The van der Waals surface area contributed by atoms with Crippen LogP contribution >= 0.6 is 34.8 Å². The van der Waals surface area contributed by atoms with Crippen LogP contribution in [0.3, 0.4) is 0 Å². The van der Waals surface area contributed by atoms with Gasteiger partial charge in [-0.3, -0.25) is 0 Å². The first kappa shape index (κ1) is 13.9. The van der Waals surface area contributed by atoms with Crippen molar-refractivity contribution >= 4 is 34.8 Å². The molecule has 5 heteroatoms. The highest BCUT2D eigenvalue weighted by Gasteiger charge is 2.19. The highest BCUT2D eigenvalue weighted by molar-refractivity contribution is 6.67. The number of phenolic OH excluding ortho intramolecular Hbond substituents is 1. The molecule has 1 rings (SSSR count). The number of hydrogen-bond acceptors (Lipinski definition) is 2. The lowest BCUT2D eigenvalue weighted by molar-refractivity contribution is 0.164. The SMILES string of the molecule is Oc1ccc(C(O)CCCC(Cl)(Cl)Cl)cc1. The lowest BCUT2D eigenvalue weighted by atomic mass is 10.0. The van der Waals surface area contributed by atoms with Gasteiger partial charge in [0.25, 0.3) is 0 Å². The zero-order valence-electron chi connectivity index (χ0n) is 8.54. The van der Waals surface area contributed by atoms with Crippen LogP contribution < -0.4 is 0 Å². The van der Waals surface area contributed by atoms with E-state index in [-0.39, 0.29) is 5.75 Å². The Hall–Kier alpha value is -0.150. The minimum atomic E-state index is -1.26. The molecule has 0 bridgehead atoms. The third-order valence-corrected chi connectivity index (χ3v) is 2.78. The molecule has 0 aromatic heterocycles. The summed E-state index contributed by atoms with van der Waals surface area (Å²) in [6.45, 7) is 0. The van der Waals surface area contributed by atoms with Gasteiger partial charge >= 0.3 is 0 Å². The lowest BCUT2D eigenvalue weighted by Gasteiger charge is -2.13. The molecule has 0 aliphatic heterocycles. The fourth-order valence-corrected chi connectivity index (χ4v) is 1.76. The van der Waals surface area contributed by atoms with Gasteiger partial charge in [0.05, 0.1) is 6.10 Å². The van der Waals surface area contributed by atoms with Crippen molar-refractivity contribution in [2.45, 2.75) is 29.2 Å². The Balaban J connectivity index is 2.41. The van der Waals surface area contributed by atoms with E-state index in [1.54, 1.807) is 12.1 Å². The number of benzene rings is 1. The third kappa shape index (κ3) is 5.26. The molecular weight excluding hydrogens is 270 g/mol. The molecule has 2 N–H and O–H groups in total.